The Hall–Kier alpha value is -1.65. The highest BCUT2D eigenvalue weighted by Crippen LogP contribution is 2.28. The topological polar surface area (TPSA) is 97.5 Å². The molecule has 0 bridgehead atoms. The summed E-state index contributed by atoms with van der Waals surface area (Å²) in [5.41, 5.74) is 0.0553. The van der Waals surface area contributed by atoms with Gasteiger partial charge in [0.1, 0.15) is 10.7 Å². The number of hydrogen-bond donors (Lipinski definition) is 2. The summed E-state index contributed by atoms with van der Waals surface area (Å²) in [5, 5.41) is 5.55. The van der Waals surface area contributed by atoms with E-state index in [0.29, 0.717) is 14.9 Å². The third-order valence-corrected chi connectivity index (χ3v) is 5.42. The van der Waals surface area contributed by atoms with E-state index in [-0.39, 0.29) is 5.02 Å². The molecule has 0 aromatic heterocycles. The van der Waals surface area contributed by atoms with Gasteiger partial charge in [-0.2, -0.15) is 0 Å². The SMILES string of the molecule is NS(=O)(=O)c1c(F)cccc1N(C=Cc1ccc(Cl)c(Cl)c1)[SH](=O)=O. The maximum atomic E-state index is 13.9. The van der Waals surface area contributed by atoms with Crippen molar-refractivity contribution in [3.63, 3.8) is 0 Å². The van der Waals surface area contributed by atoms with Gasteiger partial charge < -0.3 is 0 Å². The van der Waals surface area contributed by atoms with Crippen molar-refractivity contribution in [1.29, 1.82) is 0 Å². The summed E-state index contributed by atoms with van der Waals surface area (Å²) in [6, 6.07) is 7.69. The minimum atomic E-state index is -4.49. The molecule has 2 rings (SSSR count). The second-order valence-electron chi connectivity index (χ2n) is 4.70. The van der Waals surface area contributed by atoms with Crippen LogP contribution in [0, 0.1) is 5.82 Å². The molecule has 0 saturated heterocycles. The highest BCUT2D eigenvalue weighted by Gasteiger charge is 2.23. The molecule has 0 heterocycles. The van der Waals surface area contributed by atoms with Crippen molar-refractivity contribution in [1.82, 2.24) is 0 Å². The fourth-order valence-electron chi connectivity index (χ4n) is 1.95. The number of primary sulfonamides is 1. The minimum Gasteiger partial charge on any atom is -0.246 e. The Morgan fingerprint density at radius 1 is 1.12 bits per heavy atom. The lowest BCUT2D eigenvalue weighted by Gasteiger charge is -2.16. The first-order chi connectivity index (χ1) is 11.6. The standard InChI is InChI=1S/C14H11Cl2FN2O4S2/c15-10-5-4-9(8-11(10)16)6-7-19(24(20)21)13-3-1-2-12(17)14(13)25(18,22)23/h1-8,24H,(H2,18,22,23). The summed E-state index contributed by atoms with van der Waals surface area (Å²) in [4.78, 5) is -0.923. The highest BCUT2D eigenvalue weighted by atomic mass is 35.5. The van der Waals surface area contributed by atoms with Crippen molar-refractivity contribution >= 4 is 55.9 Å². The van der Waals surface area contributed by atoms with Crippen LogP contribution < -0.4 is 9.44 Å². The largest absolute Gasteiger partial charge is 0.246 e. The van der Waals surface area contributed by atoms with E-state index in [1.807, 2.05) is 0 Å². The van der Waals surface area contributed by atoms with E-state index < -0.39 is 37.3 Å². The van der Waals surface area contributed by atoms with Gasteiger partial charge >= 0.3 is 0 Å². The van der Waals surface area contributed by atoms with Crippen LogP contribution >= 0.6 is 23.2 Å². The normalized spacial score (nSPS) is 12.0. The molecule has 0 fully saturated rings. The minimum absolute atomic E-state index is 0.248. The van der Waals surface area contributed by atoms with E-state index in [0.717, 1.165) is 24.4 Å². The maximum absolute atomic E-state index is 13.9. The Kier molecular flexibility index (Phi) is 6.07. The van der Waals surface area contributed by atoms with Gasteiger partial charge in [-0.25, -0.2) is 30.7 Å². The summed E-state index contributed by atoms with van der Waals surface area (Å²) in [6.45, 7) is 0. The van der Waals surface area contributed by atoms with Crippen molar-refractivity contribution < 1.29 is 21.2 Å². The fourth-order valence-corrected chi connectivity index (χ4v) is 3.64. The average Bonchev–Trinajstić information content (AvgIpc) is 2.49. The van der Waals surface area contributed by atoms with Gasteiger partial charge in [-0.3, -0.25) is 0 Å². The second-order valence-corrected chi connectivity index (χ2v) is 7.92. The molecule has 2 aromatic carbocycles. The number of nitrogens with zero attached hydrogens (tertiary/aromatic N) is 1. The summed E-state index contributed by atoms with van der Waals surface area (Å²) in [6.07, 6.45) is 2.39. The molecule has 0 atom stereocenters. The summed E-state index contributed by atoms with van der Waals surface area (Å²) >= 11 is 11.7. The fraction of sp³-hybridized carbons (Fsp3) is 0. The predicted molar refractivity (Wildman–Crippen MR) is 96.1 cm³/mol. The van der Waals surface area contributed by atoms with Crippen LogP contribution in [0.1, 0.15) is 5.56 Å². The lowest BCUT2D eigenvalue weighted by molar-refractivity contribution is 0.568. The van der Waals surface area contributed by atoms with Crippen LogP contribution in [0.4, 0.5) is 10.1 Å². The summed E-state index contributed by atoms with van der Waals surface area (Å²) in [5.74, 6) is -1.16. The molecule has 2 aromatic rings. The number of hydrogen-bond acceptors (Lipinski definition) is 4. The third-order valence-electron chi connectivity index (χ3n) is 3.01. The van der Waals surface area contributed by atoms with E-state index in [2.05, 4.69) is 0 Å². The smallest absolute Gasteiger partial charge is 0.243 e. The molecule has 0 aliphatic carbocycles. The Labute approximate surface area is 155 Å². The molecule has 0 unspecified atom stereocenters. The van der Waals surface area contributed by atoms with Crippen molar-refractivity contribution in [3.8, 4) is 0 Å². The predicted octanol–water partition coefficient (Wildman–Crippen LogP) is 2.78. The Morgan fingerprint density at radius 3 is 2.36 bits per heavy atom. The lowest BCUT2D eigenvalue weighted by atomic mass is 10.2. The zero-order chi connectivity index (χ0) is 18.8. The number of anilines is 1. The number of rotatable bonds is 5. The molecule has 0 aliphatic rings. The molecule has 0 spiro atoms. The molecule has 0 radical (unpaired) electrons. The van der Waals surface area contributed by atoms with Gasteiger partial charge in [0.15, 0.2) is 0 Å². The average molecular weight is 425 g/mol. The van der Waals surface area contributed by atoms with Crippen LogP contribution in [0.3, 0.4) is 0 Å². The molecular formula is C14H11Cl2FN2O4S2. The first-order valence-electron chi connectivity index (χ1n) is 6.49. The van der Waals surface area contributed by atoms with Crippen molar-refractivity contribution in [3.05, 3.63) is 64.0 Å². The van der Waals surface area contributed by atoms with Gasteiger partial charge in [-0.1, -0.05) is 35.3 Å². The van der Waals surface area contributed by atoms with Gasteiger partial charge in [0, 0.05) is 6.20 Å². The van der Waals surface area contributed by atoms with E-state index in [1.165, 1.54) is 18.2 Å². The van der Waals surface area contributed by atoms with E-state index >= 15 is 0 Å². The number of benzene rings is 2. The van der Waals surface area contributed by atoms with Gasteiger partial charge in [-0.05, 0) is 35.9 Å². The number of nitrogens with two attached hydrogens (primary N) is 1. The highest BCUT2D eigenvalue weighted by molar-refractivity contribution is 7.89. The van der Waals surface area contributed by atoms with E-state index in [9.17, 15) is 21.2 Å². The zero-order valence-corrected chi connectivity index (χ0v) is 15.5. The van der Waals surface area contributed by atoms with Crippen molar-refractivity contribution in [2.75, 3.05) is 4.31 Å². The number of halogens is 3. The third kappa shape index (κ3) is 4.71. The van der Waals surface area contributed by atoms with Gasteiger partial charge in [0.2, 0.25) is 20.9 Å². The van der Waals surface area contributed by atoms with Crippen molar-refractivity contribution in [2.24, 2.45) is 5.14 Å². The van der Waals surface area contributed by atoms with Gasteiger partial charge in [0.25, 0.3) is 0 Å². The van der Waals surface area contributed by atoms with Crippen molar-refractivity contribution in [2.45, 2.75) is 4.90 Å². The molecule has 0 aliphatic heterocycles. The van der Waals surface area contributed by atoms with Crippen LogP contribution in [0.15, 0.2) is 47.5 Å². The van der Waals surface area contributed by atoms with Crippen LogP contribution in [-0.4, -0.2) is 16.8 Å². The molecule has 134 valence electrons. The lowest BCUT2D eigenvalue weighted by Crippen LogP contribution is -2.21. The Balaban J connectivity index is 2.55. The van der Waals surface area contributed by atoms with Crippen LogP contribution in [0.2, 0.25) is 10.0 Å². The monoisotopic (exact) mass is 424 g/mol. The molecule has 0 saturated carbocycles. The Bertz CT molecular complexity index is 1020. The number of sulfonamides is 1. The quantitative estimate of drug-likeness (QED) is 0.720. The van der Waals surface area contributed by atoms with E-state index in [1.54, 1.807) is 6.07 Å². The molecule has 6 nitrogen and oxygen atoms in total. The van der Waals surface area contributed by atoms with Crippen LogP contribution in [0.5, 0.6) is 0 Å². The van der Waals surface area contributed by atoms with Gasteiger partial charge in [-0.15, -0.1) is 0 Å². The van der Waals surface area contributed by atoms with Gasteiger partial charge in [0.05, 0.1) is 15.7 Å². The first kappa shape index (κ1) is 19.7. The summed E-state index contributed by atoms with van der Waals surface area (Å²) < 4.78 is 60.8. The number of thiol groups is 1. The van der Waals surface area contributed by atoms with E-state index in [4.69, 9.17) is 28.3 Å². The summed E-state index contributed by atoms with van der Waals surface area (Å²) in [7, 11) is -7.82. The Morgan fingerprint density at radius 2 is 1.80 bits per heavy atom. The molecule has 25 heavy (non-hydrogen) atoms. The molecule has 2 N–H and O–H groups in total. The second kappa shape index (κ2) is 7.71. The molecule has 0 amide bonds. The van der Waals surface area contributed by atoms with Crippen LogP contribution in [0.25, 0.3) is 6.08 Å². The first-order valence-corrected chi connectivity index (χ1v) is 9.92. The molecule has 11 heteroatoms. The maximum Gasteiger partial charge on any atom is 0.243 e. The molecular weight excluding hydrogens is 414 g/mol. The van der Waals surface area contributed by atoms with Crippen LogP contribution in [-0.2, 0) is 20.9 Å². The zero-order valence-electron chi connectivity index (χ0n) is 12.3.